The minimum Gasteiger partial charge on any atom is -0.331 e. The molecular formula is C18H22N2O2S2. The maximum Gasteiger partial charge on any atom is 0.242 e. The number of aryl methyl sites for hydroxylation is 1. The average Bonchev–Trinajstić information content (AvgIpc) is 3.35. The topological polar surface area (TPSA) is 49.4 Å². The van der Waals surface area contributed by atoms with Gasteiger partial charge in [-0.3, -0.25) is 14.9 Å². The van der Waals surface area contributed by atoms with Gasteiger partial charge in [0.15, 0.2) is 0 Å². The number of nitrogens with zero attached hydrogens (tertiary/aromatic N) is 1. The fourth-order valence-electron chi connectivity index (χ4n) is 3.93. The molecule has 1 aromatic rings. The van der Waals surface area contributed by atoms with Crippen molar-refractivity contribution in [2.24, 2.45) is 0 Å². The maximum absolute atomic E-state index is 12.9. The molecule has 0 radical (unpaired) electrons. The number of amides is 1. The molecule has 128 valence electrons. The van der Waals surface area contributed by atoms with Gasteiger partial charge in [-0.15, -0.1) is 23.5 Å². The van der Waals surface area contributed by atoms with Crippen molar-refractivity contribution < 1.29 is 9.59 Å². The number of carbonyl (C=O) groups excluding carboxylic acids is 2. The van der Waals surface area contributed by atoms with Crippen LogP contribution in [0.1, 0.15) is 29.9 Å². The Hall–Kier alpha value is -0.980. The van der Waals surface area contributed by atoms with E-state index in [4.69, 9.17) is 0 Å². The van der Waals surface area contributed by atoms with Crippen LogP contribution in [-0.4, -0.2) is 51.9 Å². The van der Waals surface area contributed by atoms with Gasteiger partial charge in [0.2, 0.25) is 5.91 Å². The molecule has 1 aliphatic carbocycles. The lowest BCUT2D eigenvalue weighted by molar-refractivity contribution is -0.133. The van der Waals surface area contributed by atoms with Crippen LogP contribution in [0.15, 0.2) is 24.3 Å². The molecule has 2 saturated heterocycles. The molecule has 2 unspecified atom stereocenters. The van der Waals surface area contributed by atoms with E-state index in [1.807, 2.05) is 4.90 Å². The predicted octanol–water partition coefficient (Wildman–Crippen LogP) is 2.24. The van der Waals surface area contributed by atoms with E-state index in [2.05, 4.69) is 29.6 Å². The summed E-state index contributed by atoms with van der Waals surface area (Å²) in [5, 5.41) is 3.02. The number of thioether (sulfide) groups is 2. The summed E-state index contributed by atoms with van der Waals surface area (Å²) >= 11 is 3.38. The summed E-state index contributed by atoms with van der Waals surface area (Å²) < 4.78 is 0. The van der Waals surface area contributed by atoms with Crippen LogP contribution in [0.4, 0.5) is 0 Å². The Morgan fingerprint density at radius 2 is 2.17 bits per heavy atom. The molecule has 0 aromatic heterocycles. The Bertz CT molecular complexity index is 646. The van der Waals surface area contributed by atoms with Crippen molar-refractivity contribution in [3.63, 3.8) is 0 Å². The highest BCUT2D eigenvalue weighted by Gasteiger charge is 2.41. The second-order valence-corrected chi connectivity index (χ2v) is 8.86. The molecule has 2 heterocycles. The number of hydrogen-bond donors (Lipinski definition) is 1. The molecule has 1 N–H and O–H groups in total. The van der Waals surface area contributed by atoms with Gasteiger partial charge in [0.25, 0.3) is 0 Å². The van der Waals surface area contributed by atoms with Gasteiger partial charge in [-0.25, -0.2) is 0 Å². The molecule has 1 amide bonds. The smallest absolute Gasteiger partial charge is 0.242 e. The molecule has 2 fully saturated rings. The Morgan fingerprint density at radius 1 is 1.29 bits per heavy atom. The number of nitrogens with one attached hydrogen (secondary N) is 1. The van der Waals surface area contributed by atoms with E-state index in [1.165, 1.54) is 11.1 Å². The Morgan fingerprint density at radius 3 is 3.00 bits per heavy atom. The third-order valence-electron chi connectivity index (χ3n) is 5.22. The van der Waals surface area contributed by atoms with Crippen molar-refractivity contribution in [2.45, 2.75) is 36.5 Å². The fraction of sp³-hybridized carbons (Fsp3) is 0.556. The lowest BCUT2D eigenvalue weighted by Gasteiger charge is -2.23. The predicted molar refractivity (Wildman–Crippen MR) is 99.3 cm³/mol. The number of ketones is 1. The highest BCUT2D eigenvalue weighted by Crippen LogP contribution is 2.37. The summed E-state index contributed by atoms with van der Waals surface area (Å²) in [6, 6.07) is 8.12. The zero-order valence-electron chi connectivity index (χ0n) is 13.6. The molecule has 4 rings (SSSR count). The number of Topliss-reactive ketones (excluding diaryl/α,β-unsaturated/α-hetero) is 1. The van der Waals surface area contributed by atoms with Crippen LogP contribution in [0.2, 0.25) is 0 Å². The standard InChI is InChI=1S/C18H22N2O2S2/c21-15(9-13-6-5-12-3-1-2-4-14(12)13)17-16(19-10-24-17)18(22)20-7-8-23-11-20/h1-4,13,16-17,19H,5-11H2/t13?,16-,17?/m0/s1. The van der Waals surface area contributed by atoms with Crippen molar-refractivity contribution in [1.29, 1.82) is 0 Å². The summed E-state index contributed by atoms with van der Waals surface area (Å²) in [5.41, 5.74) is 2.72. The molecule has 4 nitrogen and oxygen atoms in total. The van der Waals surface area contributed by atoms with Crippen molar-refractivity contribution in [3.8, 4) is 0 Å². The summed E-state index contributed by atoms with van der Waals surface area (Å²) in [6.07, 6.45) is 2.68. The van der Waals surface area contributed by atoms with Gasteiger partial charge >= 0.3 is 0 Å². The maximum atomic E-state index is 12.9. The van der Waals surface area contributed by atoms with E-state index < -0.39 is 0 Å². The van der Waals surface area contributed by atoms with E-state index in [1.54, 1.807) is 23.5 Å². The molecule has 24 heavy (non-hydrogen) atoms. The fourth-order valence-corrected chi connectivity index (χ4v) is 6.03. The second kappa shape index (κ2) is 7.10. The number of carbonyl (C=O) groups is 2. The molecule has 2 aliphatic heterocycles. The van der Waals surface area contributed by atoms with Crippen molar-refractivity contribution in [3.05, 3.63) is 35.4 Å². The number of fused-ring (bicyclic) bond motifs is 1. The monoisotopic (exact) mass is 362 g/mol. The third-order valence-corrected chi connectivity index (χ3v) is 7.41. The van der Waals surface area contributed by atoms with Crippen LogP contribution in [0.3, 0.4) is 0 Å². The molecule has 6 heteroatoms. The summed E-state index contributed by atoms with van der Waals surface area (Å²) in [4.78, 5) is 27.5. The summed E-state index contributed by atoms with van der Waals surface area (Å²) in [5.74, 6) is 3.12. The van der Waals surface area contributed by atoms with Gasteiger partial charge in [0.1, 0.15) is 11.8 Å². The van der Waals surface area contributed by atoms with Crippen LogP contribution in [-0.2, 0) is 16.0 Å². The first kappa shape index (κ1) is 16.5. The first-order chi connectivity index (χ1) is 11.7. The highest BCUT2D eigenvalue weighted by atomic mass is 32.2. The minimum absolute atomic E-state index is 0.107. The Balaban J connectivity index is 1.43. The highest BCUT2D eigenvalue weighted by molar-refractivity contribution is 8.01. The van der Waals surface area contributed by atoms with Crippen LogP contribution in [0.5, 0.6) is 0 Å². The Kier molecular flexibility index (Phi) is 4.88. The number of rotatable bonds is 4. The lowest BCUT2D eigenvalue weighted by Crippen LogP contribution is -2.49. The molecule has 3 atom stereocenters. The normalized spacial score (nSPS) is 29.0. The van der Waals surface area contributed by atoms with Gasteiger partial charge < -0.3 is 4.90 Å². The van der Waals surface area contributed by atoms with E-state index >= 15 is 0 Å². The van der Waals surface area contributed by atoms with Crippen molar-refractivity contribution >= 4 is 35.2 Å². The first-order valence-electron chi connectivity index (χ1n) is 8.56. The number of benzene rings is 1. The van der Waals surface area contributed by atoms with Gasteiger partial charge in [0.05, 0.1) is 11.1 Å². The second-order valence-electron chi connectivity index (χ2n) is 6.66. The third kappa shape index (κ3) is 3.11. The summed E-state index contributed by atoms with van der Waals surface area (Å²) in [7, 11) is 0. The van der Waals surface area contributed by atoms with E-state index in [-0.39, 0.29) is 23.0 Å². The van der Waals surface area contributed by atoms with Crippen molar-refractivity contribution in [2.75, 3.05) is 24.1 Å². The first-order valence-corrected chi connectivity index (χ1v) is 10.8. The van der Waals surface area contributed by atoms with E-state index in [9.17, 15) is 9.59 Å². The summed E-state index contributed by atoms with van der Waals surface area (Å²) in [6.45, 7) is 0.809. The molecule has 1 aromatic carbocycles. The lowest BCUT2D eigenvalue weighted by atomic mass is 9.93. The largest absolute Gasteiger partial charge is 0.331 e. The van der Waals surface area contributed by atoms with Crippen LogP contribution < -0.4 is 5.32 Å². The zero-order chi connectivity index (χ0) is 16.5. The van der Waals surface area contributed by atoms with Crippen LogP contribution >= 0.6 is 23.5 Å². The van der Waals surface area contributed by atoms with Crippen LogP contribution in [0, 0.1) is 0 Å². The molecule has 0 saturated carbocycles. The minimum atomic E-state index is -0.335. The molecule has 0 spiro atoms. The SMILES string of the molecule is O=C(CC1CCc2ccccc21)C1SCN[C@@H]1C(=O)N1CCSC1. The van der Waals surface area contributed by atoms with Gasteiger partial charge in [-0.2, -0.15) is 0 Å². The quantitative estimate of drug-likeness (QED) is 0.890. The van der Waals surface area contributed by atoms with Gasteiger partial charge in [-0.1, -0.05) is 24.3 Å². The van der Waals surface area contributed by atoms with E-state index in [0.29, 0.717) is 18.2 Å². The molecule has 3 aliphatic rings. The Labute approximate surface area is 151 Å². The molecule has 0 bridgehead atoms. The average molecular weight is 363 g/mol. The van der Waals surface area contributed by atoms with E-state index in [0.717, 1.165) is 31.0 Å². The van der Waals surface area contributed by atoms with Crippen molar-refractivity contribution in [1.82, 2.24) is 10.2 Å². The van der Waals surface area contributed by atoms with Crippen LogP contribution in [0.25, 0.3) is 0 Å². The zero-order valence-corrected chi connectivity index (χ0v) is 15.2. The van der Waals surface area contributed by atoms with Gasteiger partial charge in [-0.05, 0) is 29.9 Å². The number of hydrogen-bond acceptors (Lipinski definition) is 5. The van der Waals surface area contributed by atoms with Gasteiger partial charge in [0, 0.05) is 24.6 Å². The molecular weight excluding hydrogens is 340 g/mol.